The first kappa shape index (κ1) is 12.4. The highest BCUT2D eigenvalue weighted by molar-refractivity contribution is 9.08. The number of nitrogens with zero attached hydrogens (tertiary/aromatic N) is 1. The summed E-state index contributed by atoms with van der Waals surface area (Å²) >= 11 is 9.41. The van der Waals surface area contributed by atoms with Gasteiger partial charge in [0.1, 0.15) is 5.75 Å². The Kier molecular flexibility index (Phi) is 4.02. The van der Waals surface area contributed by atoms with E-state index < -0.39 is 0 Å². The maximum Gasteiger partial charge on any atom is 0.219 e. The lowest BCUT2D eigenvalue weighted by Crippen LogP contribution is -1.90. The van der Waals surface area contributed by atoms with E-state index in [4.69, 9.17) is 16.3 Å². The number of hydrogen-bond donors (Lipinski definition) is 0. The molecule has 2 rings (SSSR count). The van der Waals surface area contributed by atoms with Gasteiger partial charge in [-0.05, 0) is 30.2 Å². The van der Waals surface area contributed by atoms with Crippen LogP contribution in [0.4, 0.5) is 0 Å². The van der Waals surface area contributed by atoms with Crippen LogP contribution in [0.25, 0.3) is 0 Å². The average Bonchev–Trinajstić information content (AvgIpc) is 2.35. The second-order valence-electron chi connectivity index (χ2n) is 3.67. The standard InChI is InChI=1S/C13H11BrClNO/c1-9-2-4-11(15)12(6-9)17-13-5-3-10(7-14)8-16-13/h2-6,8H,7H2,1H3. The van der Waals surface area contributed by atoms with Gasteiger partial charge in [-0.15, -0.1) is 0 Å². The van der Waals surface area contributed by atoms with Gasteiger partial charge in [-0.25, -0.2) is 4.98 Å². The number of pyridine rings is 1. The molecule has 0 aliphatic heterocycles. The zero-order chi connectivity index (χ0) is 12.3. The number of halogens is 2. The average molecular weight is 313 g/mol. The van der Waals surface area contributed by atoms with Crippen LogP contribution in [-0.4, -0.2) is 4.98 Å². The summed E-state index contributed by atoms with van der Waals surface area (Å²) < 4.78 is 5.63. The Morgan fingerprint density at radius 3 is 2.76 bits per heavy atom. The van der Waals surface area contributed by atoms with Crippen molar-refractivity contribution in [3.8, 4) is 11.6 Å². The molecule has 1 aromatic carbocycles. The molecule has 0 aliphatic rings. The van der Waals surface area contributed by atoms with Crippen LogP contribution in [0, 0.1) is 6.92 Å². The SMILES string of the molecule is Cc1ccc(Cl)c(Oc2ccc(CBr)cn2)c1. The van der Waals surface area contributed by atoms with E-state index in [1.54, 1.807) is 6.20 Å². The number of hydrogen-bond acceptors (Lipinski definition) is 2. The second-order valence-corrected chi connectivity index (χ2v) is 4.64. The molecule has 0 N–H and O–H groups in total. The van der Waals surface area contributed by atoms with Crippen LogP contribution >= 0.6 is 27.5 Å². The molecule has 1 aromatic heterocycles. The normalized spacial score (nSPS) is 10.3. The van der Waals surface area contributed by atoms with Gasteiger partial charge in [0.15, 0.2) is 0 Å². The summed E-state index contributed by atoms with van der Waals surface area (Å²) in [6.07, 6.45) is 1.77. The summed E-state index contributed by atoms with van der Waals surface area (Å²) in [6, 6.07) is 9.44. The van der Waals surface area contributed by atoms with Crippen molar-refractivity contribution in [1.82, 2.24) is 4.98 Å². The lowest BCUT2D eigenvalue weighted by atomic mass is 10.2. The Morgan fingerprint density at radius 2 is 2.12 bits per heavy atom. The van der Waals surface area contributed by atoms with Crippen molar-refractivity contribution >= 4 is 27.5 Å². The van der Waals surface area contributed by atoms with Gasteiger partial charge >= 0.3 is 0 Å². The first-order valence-electron chi connectivity index (χ1n) is 5.14. The van der Waals surface area contributed by atoms with Crippen LogP contribution in [-0.2, 0) is 5.33 Å². The number of alkyl halides is 1. The fraction of sp³-hybridized carbons (Fsp3) is 0.154. The van der Waals surface area contributed by atoms with Gasteiger partial charge in [-0.2, -0.15) is 0 Å². The molecule has 0 radical (unpaired) electrons. The second kappa shape index (κ2) is 5.52. The molecule has 2 aromatic rings. The van der Waals surface area contributed by atoms with Gasteiger partial charge in [-0.1, -0.05) is 39.7 Å². The van der Waals surface area contributed by atoms with Crippen molar-refractivity contribution in [2.45, 2.75) is 12.3 Å². The highest BCUT2D eigenvalue weighted by atomic mass is 79.9. The van der Waals surface area contributed by atoms with Crippen molar-refractivity contribution in [3.05, 3.63) is 52.7 Å². The number of aromatic nitrogens is 1. The van der Waals surface area contributed by atoms with Crippen molar-refractivity contribution in [3.63, 3.8) is 0 Å². The van der Waals surface area contributed by atoms with E-state index in [1.165, 1.54) is 0 Å². The third kappa shape index (κ3) is 3.20. The highest BCUT2D eigenvalue weighted by Gasteiger charge is 2.04. The highest BCUT2D eigenvalue weighted by Crippen LogP contribution is 2.29. The van der Waals surface area contributed by atoms with Gasteiger partial charge in [-0.3, -0.25) is 0 Å². The maximum absolute atomic E-state index is 6.04. The summed E-state index contributed by atoms with van der Waals surface area (Å²) in [4.78, 5) is 4.20. The van der Waals surface area contributed by atoms with Gasteiger partial charge in [0.05, 0.1) is 5.02 Å². The van der Waals surface area contributed by atoms with Gasteiger partial charge in [0.2, 0.25) is 5.88 Å². The van der Waals surface area contributed by atoms with Crippen LogP contribution in [0.15, 0.2) is 36.5 Å². The number of ether oxygens (including phenoxy) is 1. The summed E-state index contributed by atoms with van der Waals surface area (Å²) in [7, 11) is 0. The molecule has 0 spiro atoms. The fourth-order valence-electron chi connectivity index (χ4n) is 1.35. The predicted octanol–water partition coefficient (Wildman–Crippen LogP) is 4.73. The minimum absolute atomic E-state index is 0.544. The zero-order valence-electron chi connectivity index (χ0n) is 9.28. The van der Waals surface area contributed by atoms with Crippen LogP contribution in [0.1, 0.15) is 11.1 Å². The molecule has 0 bridgehead atoms. The molecule has 0 unspecified atom stereocenters. The molecule has 0 atom stereocenters. The van der Waals surface area contributed by atoms with E-state index >= 15 is 0 Å². The van der Waals surface area contributed by atoms with E-state index in [1.807, 2.05) is 37.3 Å². The summed E-state index contributed by atoms with van der Waals surface area (Å²) in [5.74, 6) is 1.17. The summed E-state index contributed by atoms with van der Waals surface area (Å²) in [6.45, 7) is 1.99. The molecule has 17 heavy (non-hydrogen) atoms. The smallest absolute Gasteiger partial charge is 0.219 e. The summed E-state index contributed by atoms with van der Waals surface area (Å²) in [5.41, 5.74) is 2.20. The van der Waals surface area contributed by atoms with Crippen LogP contribution < -0.4 is 4.74 Å². The van der Waals surface area contributed by atoms with Crippen molar-refractivity contribution in [2.24, 2.45) is 0 Å². The van der Waals surface area contributed by atoms with E-state index in [9.17, 15) is 0 Å². The van der Waals surface area contributed by atoms with Crippen LogP contribution in [0.2, 0.25) is 5.02 Å². The van der Waals surface area contributed by atoms with Crippen LogP contribution in [0.3, 0.4) is 0 Å². The lowest BCUT2D eigenvalue weighted by Gasteiger charge is -2.07. The zero-order valence-corrected chi connectivity index (χ0v) is 11.6. The van der Waals surface area contributed by atoms with Crippen molar-refractivity contribution < 1.29 is 4.74 Å². The predicted molar refractivity (Wildman–Crippen MR) is 73.1 cm³/mol. The van der Waals surface area contributed by atoms with Gasteiger partial charge in [0, 0.05) is 17.6 Å². The van der Waals surface area contributed by atoms with Crippen LogP contribution in [0.5, 0.6) is 11.6 Å². The molecule has 4 heteroatoms. The molecule has 0 saturated carbocycles. The minimum Gasteiger partial charge on any atom is -0.437 e. The third-order valence-electron chi connectivity index (χ3n) is 2.25. The maximum atomic E-state index is 6.04. The number of aryl methyl sites for hydroxylation is 1. The topological polar surface area (TPSA) is 22.1 Å². The van der Waals surface area contributed by atoms with E-state index in [2.05, 4.69) is 20.9 Å². The number of benzene rings is 1. The first-order valence-corrected chi connectivity index (χ1v) is 6.64. The van der Waals surface area contributed by atoms with Gasteiger partial charge < -0.3 is 4.74 Å². The monoisotopic (exact) mass is 311 g/mol. The Labute approximate surface area is 114 Å². The lowest BCUT2D eigenvalue weighted by molar-refractivity contribution is 0.462. The van der Waals surface area contributed by atoms with Gasteiger partial charge in [0.25, 0.3) is 0 Å². The first-order chi connectivity index (χ1) is 8.19. The molecular formula is C13H11BrClNO. The molecule has 2 nitrogen and oxygen atoms in total. The molecule has 0 amide bonds. The number of rotatable bonds is 3. The molecule has 88 valence electrons. The minimum atomic E-state index is 0.544. The summed E-state index contributed by atoms with van der Waals surface area (Å²) in [5, 5.41) is 1.37. The van der Waals surface area contributed by atoms with E-state index in [-0.39, 0.29) is 0 Å². The largest absolute Gasteiger partial charge is 0.437 e. The quantitative estimate of drug-likeness (QED) is 0.764. The molecular weight excluding hydrogens is 302 g/mol. The third-order valence-corrected chi connectivity index (χ3v) is 3.21. The fourth-order valence-corrected chi connectivity index (χ4v) is 1.84. The Balaban J connectivity index is 2.22. The molecule has 1 heterocycles. The van der Waals surface area contributed by atoms with E-state index in [0.29, 0.717) is 16.7 Å². The van der Waals surface area contributed by atoms with Crippen molar-refractivity contribution in [1.29, 1.82) is 0 Å². The Morgan fingerprint density at radius 1 is 1.29 bits per heavy atom. The molecule has 0 fully saturated rings. The Hall–Kier alpha value is -1.06. The molecule has 0 aliphatic carbocycles. The molecule has 0 saturated heterocycles. The van der Waals surface area contributed by atoms with Crippen molar-refractivity contribution in [2.75, 3.05) is 0 Å². The van der Waals surface area contributed by atoms with E-state index in [0.717, 1.165) is 16.5 Å². The Bertz CT molecular complexity index is 513.